The highest BCUT2D eigenvalue weighted by molar-refractivity contribution is 7.90. The van der Waals surface area contributed by atoms with Crippen LogP contribution in [0.3, 0.4) is 0 Å². The highest BCUT2D eigenvalue weighted by Gasteiger charge is 2.28. The molecule has 2 atom stereocenters. The monoisotopic (exact) mass is 311 g/mol. The molecule has 1 aromatic carbocycles. The predicted octanol–water partition coefficient (Wildman–Crippen LogP) is 2.56. The fourth-order valence-corrected chi connectivity index (χ4v) is 3.51. The van der Waals surface area contributed by atoms with E-state index in [2.05, 4.69) is 19.2 Å². The summed E-state index contributed by atoms with van der Waals surface area (Å²) in [6.45, 7) is 6.06. The minimum Gasteiger partial charge on any atom is -0.367 e. The Morgan fingerprint density at radius 1 is 1.19 bits per heavy atom. The van der Waals surface area contributed by atoms with Gasteiger partial charge in [0, 0.05) is 19.3 Å². The van der Waals surface area contributed by atoms with Crippen molar-refractivity contribution in [2.24, 2.45) is 5.92 Å². The second-order valence-corrected chi connectivity index (χ2v) is 7.75. The first-order valence-electron chi connectivity index (χ1n) is 7.61. The van der Waals surface area contributed by atoms with Gasteiger partial charge in [-0.15, -0.1) is 0 Å². The summed E-state index contributed by atoms with van der Waals surface area (Å²) in [5.41, 5.74) is 1.03. The zero-order chi connectivity index (χ0) is 15.5. The lowest BCUT2D eigenvalue weighted by atomic mass is 9.94. The van der Waals surface area contributed by atoms with E-state index in [0.717, 1.165) is 31.5 Å². The number of ether oxygens (including phenoxy) is 1. The van der Waals surface area contributed by atoms with Crippen molar-refractivity contribution in [1.29, 1.82) is 0 Å². The average molecular weight is 311 g/mol. The third kappa shape index (κ3) is 4.05. The van der Waals surface area contributed by atoms with Gasteiger partial charge in [-0.05, 0) is 23.6 Å². The third-order valence-electron chi connectivity index (χ3n) is 4.27. The lowest BCUT2D eigenvalue weighted by Crippen LogP contribution is -2.44. The van der Waals surface area contributed by atoms with E-state index < -0.39 is 9.84 Å². The van der Waals surface area contributed by atoms with Crippen LogP contribution in [-0.2, 0) is 14.6 Å². The third-order valence-corrected chi connectivity index (χ3v) is 5.40. The van der Waals surface area contributed by atoms with Gasteiger partial charge in [0.2, 0.25) is 0 Å². The Kier molecular flexibility index (Phi) is 5.41. The Hall–Kier alpha value is -0.910. The molecule has 1 fully saturated rings. The Morgan fingerprint density at radius 2 is 1.81 bits per heavy atom. The zero-order valence-electron chi connectivity index (χ0n) is 13.0. The van der Waals surface area contributed by atoms with E-state index in [4.69, 9.17) is 4.74 Å². The van der Waals surface area contributed by atoms with Crippen molar-refractivity contribution in [3.63, 3.8) is 0 Å². The van der Waals surface area contributed by atoms with Gasteiger partial charge in [-0.25, -0.2) is 8.42 Å². The van der Waals surface area contributed by atoms with Crippen molar-refractivity contribution in [2.75, 3.05) is 19.3 Å². The molecule has 0 saturated carbocycles. The van der Waals surface area contributed by atoms with E-state index >= 15 is 0 Å². The van der Waals surface area contributed by atoms with Gasteiger partial charge in [0.15, 0.2) is 9.84 Å². The van der Waals surface area contributed by atoms with Crippen molar-refractivity contribution < 1.29 is 13.2 Å². The molecule has 1 aliphatic heterocycles. The Morgan fingerprint density at radius 3 is 2.33 bits per heavy atom. The van der Waals surface area contributed by atoms with Crippen LogP contribution in [0, 0.1) is 5.92 Å². The number of sulfone groups is 1. The molecule has 0 radical (unpaired) electrons. The molecule has 21 heavy (non-hydrogen) atoms. The van der Waals surface area contributed by atoms with Crippen LogP contribution in [0.15, 0.2) is 29.2 Å². The molecule has 0 amide bonds. The quantitative estimate of drug-likeness (QED) is 0.908. The molecule has 0 aliphatic carbocycles. The van der Waals surface area contributed by atoms with Gasteiger partial charge in [-0.3, -0.25) is 0 Å². The summed E-state index contributed by atoms with van der Waals surface area (Å²) in [6.07, 6.45) is 3.68. The van der Waals surface area contributed by atoms with Crippen LogP contribution in [-0.4, -0.2) is 33.9 Å². The van der Waals surface area contributed by atoms with E-state index in [9.17, 15) is 8.42 Å². The minimum absolute atomic E-state index is 0.00189. The van der Waals surface area contributed by atoms with E-state index in [0.29, 0.717) is 10.8 Å². The topological polar surface area (TPSA) is 55.4 Å². The molecule has 1 saturated heterocycles. The number of rotatable bonds is 5. The average Bonchev–Trinajstić information content (AvgIpc) is 2.48. The molecule has 0 bridgehead atoms. The first-order chi connectivity index (χ1) is 9.95. The van der Waals surface area contributed by atoms with Gasteiger partial charge < -0.3 is 10.1 Å². The number of benzene rings is 1. The summed E-state index contributed by atoms with van der Waals surface area (Å²) >= 11 is 0. The standard InChI is InChI=1S/C16H25NO3S/c1-4-12(5-2)15-10-17-11-16(20-15)13-6-8-14(9-7-13)21(3,18)19/h6-9,12,15-17H,4-5,10-11H2,1-3H3. The highest BCUT2D eigenvalue weighted by Crippen LogP contribution is 2.27. The second-order valence-electron chi connectivity index (χ2n) is 5.74. The van der Waals surface area contributed by atoms with Crippen LogP contribution in [0.25, 0.3) is 0 Å². The number of nitrogens with one attached hydrogen (secondary N) is 1. The summed E-state index contributed by atoms with van der Waals surface area (Å²) in [6, 6.07) is 7.04. The lowest BCUT2D eigenvalue weighted by molar-refractivity contribution is -0.0688. The summed E-state index contributed by atoms with van der Waals surface area (Å²) in [5, 5.41) is 3.43. The van der Waals surface area contributed by atoms with Crippen LogP contribution in [0.4, 0.5) is 0 Å². The van der Waals surface area contributed by atoms with E-state index in [1.165, 1.54) is 6.26 Å². The molecular weight excluding hydrogens is 286 g/mol. The SMILES string of the molecule is CCC(CC)C1CNCC(c2ccc(S(C)(=O)=O)cc2)O1. The number of morpholine rings is 1. The molecule has 1 heterocycles. The normalized spacial score (nSPS) is 23.4. The number of hydrogen-bond donors (Lipinski definition) is 1. The Bertz CT molecular complexity index is 549. The molecule has 5 heteroatoms. The molecular formula is C16H25NO3S. The maximum absolute atomic E-state index is 11.5. The highest BCUT2D eigenvalue weighted by atomic mass is 32.2. The van der Waals surface area contributed by atoms with Gasteiger partial charge in [-0.2, -0.15) is 0 Å². The first-order valence-corrected chi connectivity index (χ1v) is 9.51. The van der Waals surface area contributed by atoms with Crippen LogP contribution >= 0.6 is 0 Å². The van der Waals surface area contributed by atoms with Crippen LogP contribution < -0.4 is 5.32 Å². The van der Waals surface area contributed by atoms with Gasteiger partial charge in [0.05, 0.1) is 17.1 Å². The predicted molar refractivity (Wildman–Crippen MR) is 84.1 cm³/mol. The fraction of sp³-hybridized carbons (Fsp3) is 0.625. The van der Waals surface area contributed by atoms with Crippen molar-refractivity contribution in [2.45, 2.75) is 43.8 Å². The summed E-state index contributed by atoms with van der Waals surface area (Å²) in [5.74, 6) is 0.565. The van der Waals surface area contributed by atoms with Gasteiger partial charge in [0.25, 0.3) is 0 Å². The van der Waals surface area contributed by atoms with Gasteiger partial charge in [-0.1, -0.05) is 38.8 Å². The van der Waals surface area contributed by atoms with Crippen molar-refractivity contribution in [3.8, 4) is 0 Å². The maximum Gasteiger partial charge on any atom is 0.175 e. The number of hydrogen-bond acceptors (Lipinski definition) is 4. The van der Waals surface area contributed by atoms with Gasteiger partial charge in [0.1, 0.15) is 0 Å². The second kappa shape index (κ2) is 6.90. The minimum atomic E-state index is -3.14. The molecule has 2 rings (SSSR count). The Labute approximate surface area is 127 Å². The van der Waals surface area contributed by atoms with Crippen molar-refractivity contribution in [3.05, 3.63) is 29.8 Å². The molecule has 1 N–H and O–H groups in total. The maximum atomic E-state index is 11.5. The molecule has 118 valence electrons. The van der Waals surface area contributed by atoms with Crippen molar-refractivity contribution in [1.82, 2.24) is 5.32 Å². The van der Waals surface area contributed by atoms with E-state index in [-0.39, 0.29) is 12.2 Å². The van der Waals surface area contributed by atoms with Crippen molar-refractivity contribution >= 4 is 9.84 Å². The zero-order valence-corrected chi connectivity index (χ0v) is 13.8. The molecule has 2 unspecified atom stereocenters. The molecule has 4 nitrogen and oxygen atoms in total. The molecule has 0 aromatic heterocycles. The van der Waals surface area contributed by atoms with E-state index in [1.807, 2.05) is 12.1 Å². The largest absolute Gasteiger partial charge is 0.367 e. The van der Waals surface area contributed by atoms with E-state index in [1.54, 1.807) is 12.1 Å². The molecule has 1 aliphatic rings. The lowest BCUT2D eigenvalue weighted by Gasteiger charge is -2.35. The van der Waals surface area contributed by atoms with Crippen LogP contribution in [0.2, 0.25) is 0 Å². The van der Waals surface area contributed by atoms with Crippen LogP contribution in [0.1, 0.15) is 38.4 Å². The summed E-state index contributed by atoms with van der Waals surface area (Å²) < 4.78 is 29.2. The van der Waals surface area contributed by atoms with Crippen LogP contribution in [0.5, 0.6) is 0 Å². The summed E-state index contributed by atoms with van der Waals surface area (Å²) in [7, 11) is -3.14. The smallest absolute Gasteiger partial charge is 0.175 e. The molecule has 0 spiro atoms. The first kappa shape index (κ1) is 16.5. The summed E-state index contributed by atoms with van der Waals surface area (Å²) in [4.78, 5) is 0.353. The Balaban J connectivity index is 2.11. The molecule has 1 aromatic rings. The van der Waals surface area contributed by atoms with Gasteiger partial charge >= 0.3 is 0 Å². The fourth-order valence-electron chi connectivity index (χ4n) is 2.88.